The van der Waals surface area contributed by atoms with Crippen LogP contribution in [0, 0.1) is 0 Å². The van der Waals surface area contributed by atoms with Crippen LogP contribution in [0.1, 0.15) is 12.8 Å². The van der Waals surface area contributed by atoms with Gasteiger partial charge < -0.3 is 4.74 Å². The van der Waals surface area contributed by atoms with Crippen LogP contribution in [0.3, 0.4) is 0 Å². The molecule has 22 heavy (non-hydrogen) atoms. The SMILES string of the molecule is O=S(=O)(CCC(F)(F)F)N1CCC(Oc2ccncc2Cl)C1. The van der Waals surface area contributed by atoms with E-state index in [1.807, 2.05) is 0 Å². The zero-order chi connectivity index (χ0) is 16.4. The molecular weight excluding hydrogens is 345 g/mol. The lowest BCUT2D eigenvalue weighted by molar-refractivity contribution is -0.130. The molecule has 0 radical (unpaired) electrons. The van der Waals surface area contributed by atoms with Crippen molar-refractivity contribution in [1.29, 1.82) is 0 Å². The third-order valence-electron chi connectivity index (χ3n) is 3.17. The molecule has 5 nitrogen and oxygen atoms in total. The van der Waals surface area contributed by atoms with Crippen LogP contribution < -0.4 is 4.74 Å². The predicted molar refractivity (Wildman–Crippen MR) is 74.3 cm³/mol. The van der Waals surface area contributed by atoms with Gasteiger partial charge in [-0.15, -0.1) is 0 Å². The van der Waals surface area contributed by atoms with Crippen LogP contribution in [0.25, 0.3) is 0 Å². The maximum atomic E-state index is 12.2. The topological polar surface area (TPSA) is 59.5 Å². The van der Waals surface area contributed by atoms with Crippen LogP contribution >= 0.6 is 11.6 Å². The fourth-order valence-electron chi connectivity index (χ4n) is 2.06. The summed E-state index contributed by atoms with van der Waals surface area (Å²) < 4.78 is 66.8. The molecule has 2 rings (SSSR count). The Morgan fingerprint density at radius 1 is 1.45 bits per heavy atom. The molecule has 1 aromatic rings. The van der Waals surface area contributed by atoms with Gasteiger partial charge in [-0.1, -0.05) is 11.6 Å². The Kier molecular flexibility index (Phi) is 5.18. The van der Waals surface area contributed by atoms with Gasteiger partial charge in [0.2, 0.25) is 10.0 Å². The zero-order valence-electron chi connectivity index (χ0n) is 11.4. The summed E-state index contributed by atoms with van der Waals surface area (Å²) in [6, 6.07) is 1.54. The zero-order valence-corrected chi connectivity index (χ0v) is 13.0. The number of hydrogen-bond donors (Lipinski definition) is 0. The number of halogens is 4. The molecule has 1 aliphatic heterocycles. The van der Waals surface area contributed by atoms with Crippen LogP contribution in [0.2, 0.25) is 5.02 Å². The van der Waals surface area contributed by atoms with E-state index in [0.29, 0.717) is 17.2 Å². The number of pyridine rings is 1. The quantitative estimate of drug-likeness (QED) is 0.811. The predicted octanol–water partition coefficient (Wildman–Crippen LogP) is 2.47. The lowest BCUT2D eigenvalue weighted by atomic mass is 10.3. The number of nitrogens with zero attached hydrogens (tertiary/aromatic N) is 2. The van der Waals surface area contributed by atoms with Crippen LogP contribution in [-0.4, -0.2) is 48.8 Å². The van der Waals surface area contributed by atoms with Gasteiger partial charge in [0.15, 0.2) is 0 Å². The molecule has 1 aliphatic rings. The lowest BCUT2D eigenvalue weighted by Gasteiger charge is -2.18. The second-order valence-corrected chi connectivity index (χ2v) is 7.37. The molecule has 1 unspecified atom stereocenters. The Hall–Kier alpha value is -1.06. The average molecular weight is 359 g/mol. The standard InChI is InChI=1S/C12H14ClF3N2O3S/c13-10-7-17-4-1-11(10)21-9-2-5-18(8-9)22(19,20)6-3-12(14,15)16/h1,4,7,9H,2-3,5-6,8H2. The first kappa shape index (κ1) is 17.3. The Morgan fingerprint density at radius 2 is 2.18 bits per heavy atom. The van der Waals surface area contributed by atoms with Crippen LogP contribution in [-0.2, 0) is 10.0 Å². The summed E-state index contributed by atoms with van der Waals surface area (Å²) in [6.45, 7) is 0.145. The van der Waals surface area contributed by atoms with E-state index in [1.165, 1.54) is 12.4 Å². The molecule has 0 spiro atoms. The van der Waals surface area contributed by atoms with Crippen molar-refractivity contribution in [3.05, 3.63) is 23.5 Å². The molecule has 0 bridgehead atoms. The summed E-state index contributed by atoms with van der Waals surface area (Å²) in [5.41, 5.74) is 0. The van der Waals surface area contributed by atoms with Gasteiger partial charge in [-0.3, -0.25) is 4.98 Å². The van der Waals surface area contributed by atoms with E-state index in [1.54, 1.807) is 6.07 Å². The molecule has 1 fully saturated rings. The highest BCUT2D eigenvalue weighted by Crippen LogP contribution is 2.27. The van der Waals surface area contributed by atoms with Gasteiger partial charge in [-0.05, 0) is 6.42 Å². The van der Waals surface area contributed by atoms with Gasteiger partial charge in [0.1, 0.15) is 16.9 Å². The maximum absolute atomic E-state index is 12.2. The molecule has 0 aliphatic carbocycles. The van der Waals surface area contributed by atoms with E-state index in [0.717, 1.165) is 4.31 Å². The van der Waals surface area contributed by atoms with Crippen molar-refractivity contribution in [2.24, 2.45) is 0 Å². The summed E-state index contributed by atoms with van der Waals surface area (Å²) in [5, 5.41) is 0.292. The first-order valence-corrected chi connectivity index (χ1v) is 8.47. The molecule has 1 aromatic heterocycles. The van der Waals surface area contributed by atoms with E-state index in [4.69, 9.17) is 16.3 Å². The van der Waals surface area contributed by atoms with Crippen molar-refractivity contribution < 1.29 is 26.3 Å². The van der Waals surface area contributed by atoms with Crippen molar-refractivity contribution in [2.75, 3.05) is 18.8 Å². The molecule has 0 amide bonds. The highest BCUT2D eigenvalue weighted by molar-refractivity contribution is 7.89. The minimum Gasteiger partial charge on any atom is -0.487 e. The molecule has 0 aromatic carbocycles. The van der Waals surface area contributed by atoms with Gasteiger partial charge >= 0.3 is 6.18 Å². The highest BCUT2D eigenvalue weighted by atomic mass is 35.5. The number of rotatable bonds is 5. The first-order valence-electron chi connectivity index (χ1n) is 6.48. The Bertz CT molecular complexity index is 624. The van der Waals surface area contributed by atoms with Crippen LogP contribution in [0.4, 0.5) is 13.2 Å². The van der Waals surface area contributed by atoms with Gasteiger partial charge in [0, 0.05) is 25.0 Å². The number of hydrogen-bond acceptors (Lipinski definition) is 4. The van der Waals surface area contributed by atoms with E-state index in [-0.39, 0.29) is 13.1 Å². The number of sulfonamides is 1. The van der Waals surface area contributed by atoms with Gasteiger partial charge in [0.05, 0.1) is 18.7 Å². The largest absolute Gasteiger partial charge is 0.487 e. The third kappa shape index (κ3) is 4.72. The third-order valence-corrected chi connectivity index (χ3v) is 5.30. The molecular formula is C12H14ClF3N2O3S. The summed E-state index contributed by atoms with van der Waals surface area (Å²) in [6.07, 6.45) is -3.02. The molecule has 10 heteroatoms. The Morgan fingerprint density at radius 3 is 2.82 bits per heavy atom. The summed E-state index contributed by atoms with van der Waals surface area (Å²) in [4.78, 5) is 3.80. The summed E-state index contributed by atoms with van der Waals surface area (Å²) >= 11 is 5.88. The number of alkyl halides is 3. The molecule has 1 atom stereocenters. The van der Waals surface area contributed by atoms with Crippen molar-refractivity contribution in [1.82, 2.24) is 9.29 Å². The monoisotopic (exact) mass is 358 g/mol. The number of aromatic nitrogens is 1. The van der Waals surface area contributed by atoms with Crippen LogP contribution in [0.15, 0.2) is 18.5 Å². The van der Waals surface area contributed by atoms with Gasteiger partial charge in [-0.2, -0.15) is 17.5 Å². The molecule has 0 N–H and O–H groups in total. The second kappa shape index (κ2) is 6.59. The van der Waals surface area contributed by atoms with Crippen molar-refractivity contribution in [3.63, 3.8) is 0 Å². The minimum absolute atomic E-state index is 0.0127. The fraction of sp³-hybridized carbons (Fsp3) is 0.583. The molecule has 0 saturated carbocycles. The Labute approximate surface area is 131 Å². The van der Waals surface area contributed by atoms with Gasteiger partial charge in [-0.25, -0.2) is 8.42 Å². The maximum Gasteiger partial charge on any atom is 0.390 e. The van der Waals surface area contributed by atoms with E-state index in [9.17, 15) is 21.6 Å². The summed E-state index contributed by atoms with van der Waals surface area (Å²) in [5.74, 6) is -0.574. The van der Waals surface area contributed by atoms with Crippen molar-refractivity contribution in [3.8, 4) is 5.75 Å². The summed E-state index contributed by atoms with van der Waals surface area (Å²) in [7, 11) is -3.94. The normalized spacial score (nSPS) is 20.3. The van der Waals surface area contributed by atoms with Crippen molar-refractivity contribution in [2.45, 2.75) is 25.1 Å². The highest BCUT2D eigenvalue weighted by Gasteiger charge is 2.36. The fourth-order valence-corrected chi connectivity index (χ4v) is 3.75. The van der Waals surface area contributed by atoms with E-state index >= 15 is 0 Å². The minimum atomic E-state index is -4.49. The van der Waals surface area contributed by atoms with Crippen molar-refractivity contribution >= 4 is 21.6 Å². The van der Waals surface area contributed by atoms with Gasteiger partial charge in [0.25, 0.3) is 0 Å². The smallest absolute Gasteiger partial charge is 0.390 e. The lowest BCUT2D eigenvalue weighted by Crippen LogP contribution is -2.34. The van der Waals surface area contributed by atoms with E-state index < -0.39 is 34.5 Å². The number of ether oxygens (including phenoxy) is 1. The molecule has 124 valence electrons. The first-order chi connectivity index (χ1) is 10.2. The Balaban J connectivity index is 1.93. The average Bonchev–Trinajstić information content (AvgIpc) is 2.88. The molecule has 2 heterocycles. The second-order valence-electron chi connectivity index (χ2n) is 4.87. The molecule has 1 saturated heterocycles. The van der Waals surface area contributed by atoms with Crippen LogP contribution in [0.5, 0.6) is 5.75 Å². The van der Waals surface area contributed by atoms with E-state index in [2.05, 4.69) is 4.98 Å².